The van der Waals surface area contributed by atoms with Crippen molar-refractivity contribution in [3.05, 3.63) is 53.0 Å². The molecule has 0 bridgehead atoms. The first kappa shape index (κ1) is 11.5. The number of halogens is 1. The van der Waals surface area contributed by atoms with Gasteiger partial charge in [-0.1, -0.05) is 47.7 Å². The molecular formula is C13H11ClOS. The number of carbonyl (C=O) groups is 1. The zero-order valence-corrected chi connectivity index (χ0v) is 10.4. The molecule has 2 rings (SSSR count). The highest BCUT2D eigenvalue weighted by atomic mass is 35.5. The number of thioether (sulfide) groups is 1. The van der Waals surface area contributed by atoms with Crippen LogP contribution in [0.4, 0.5) is 0 Å². The van der Waals surface area contributed by atoms with Crippen LogP contribution in [-0.4, -0.2) is 5.24 Å². The Morgan fingerprint density at radius 2 is 2.00 bits per heavy atom. The van der Waals surface area contributed by atoms with Crippen LogP contribution in [0.1, 0.15) is 5.56 Å². The number of hydrogen-bond acceptors (Lipinski definition) is 2. The highest BCUT2D eigenvalue weighted by Gasteiger charge is 2.21. The molecular weight excluding hydrogens is 240 g/mol. The third-order valence-corrected chi connectivity index (χ3v) is 3.74. The van der Waals surface area contributed by atoms with Crippen LogP contribution in [0.25, 0.3) is 0 Å². The summed E-state index contributed by atoms with van der Waals surface area (Å²) in [4.78, 5) is 13.3. The van der Waals surface area contributed by atoms with E-state index in [9.17, 15) is 4.79 Å². The summed E-state index contributed by atoms with van der Waals surface area (Å²) in [5.74, 6) is -0.270. The van der Waals surface area contributed by atoms with Gasteiger partial charge in [-0.05, 0) is 30.7 Å². The molecule has 0 aliphatic heterocycles. The second-order valence-electron chi connectivity index (χ2n) is 3.65. The van der Waals surface area contributed by atoms with Gasteiger partial charge in [0.25, 0.3) is 0 Å². The molecule has 0 N–H and O–H groups in total. The van der Waals surface area contributed by atoms with Crippen LogP contribution in [0.2, 0.25) is 0 Å². The highest BCUT2D eigenvalue weighted by molar-refractivity contribution is 8.03. The molecule has 1 atom stereocenters. The average Bonchev–Trinajstić information content (AvgIpc) is 2.69. The van der Waals surface area contributed by atoms with Gasteiger partial charge in [0.2, 0.25) is 5.24 Å². The van der Waals surface area contributed by atoms with Crippen molar-refractivity contribution < 1.29 is 4.79 Å². The predicted octanol–water partition coefficient (Wildman–Crippen LogP) is 3.92. The highest BCUT2D eigenvalue weighted by Crippen LogP contribution is 2.36. The number of benzene rings is 1. The quantitative estimate of drug-likeness (QED) is 0.757. The normalized spacial score (nSPS) is 18.6. The fourth-order valence-corrected chi connectivity index (χ4v) is 2.75. The Labute approximate surface area is 104 Å². The maximum Gasteiger partial charge on any atom is 0.233 e. The molecule has 0 spiro atoms. The summed E-state index contributed by atoms with van der Waals surface area (Å²) in [5, 5.41) is -0.320. The fraction of sp³-hybridized carbons (Fsp3) is 0.154. The van der Waals surface area contributed by atoms with E-state index in [4.69, 9.17) is 11.6 Å². The van der Waals surface area contributed by atoms with Crippen LogP contribution in [0.5, 0.6) is 0 Å². The first-order valence-corrected chi connectivity index (χ1v) is 6.18. The largest absolute Gasteiger partial charge is 0.280 e. The Hall–Kier alpha value is -0.990. The van der Waals surface area contributed by atoms with E-state index in [0.717, 1.165) is 9.80 Å². The molecule has 0 aromatic heterocycles. The number of hydrogen-bond donors (Lipinski definition) is 0. The Kier molecular flexibility index (Phi) is 3.52. The van der Waals surface area contributed by atoms with Gasteiger partial charge >= 0.3 is 0 Å². The van der Waals surface area contributed by atoms with Crippen LogP contribution in [0, 0.1) is 12.8 Å². The van der Waals surface area contributed by atoms with E-state index in [2.05, 4.69) is 31.2 Å². The van der Waals surface area contributed by atoms with Gasteiger partial charge < -0.3 is 0 Å². The van der Waals surface area contributed by atoms with E-state index in [0.29, 0.717) is 0 Å². The van der Waals surface area contributed by atoms with Gasteiger partial charge in [0.1, 0.15) is 0 Å². The van der Waals surface area contributed by atoms with E-state index in [1.54, 1.807) is 11.8 Å². The van der Waals surface area contributed by atoms with Crippen LogP contribution in [0.15, 0.2) is 52.3 Å². The first-order chi connectivity index (χ1) is 7.66. The maximum absolute atomic E-state index is 11.2. The summed E-state index contributed by atoms with van der Waals surface area (Å²) in [6.45, 7) is 2.05. The number of carbonyl (C=O) groups excluding carboxylic acids is 1. The lowest BCUT2D eigenvalue weighted by atomic mass is 10.2. The van der Waals surface area contributed by atoms with Gasteiger partial charge in [-0.2, -0.15) is 0 Å². The molecule has 0 saturated carbocycles. The van der Waals surface area contributed by atoms with Gasteiger partial charge in [-0.3, -0.25) is 4.79 Å². The standard InChI is InChI=1S/C13H11ClOS/c1-9-5-7-10(8-6-9)16-12-4-2-3-11(12)13(14)15/h2-8,11H,1H3. The summed E-state index contributed by atoms with van der Waals surface area (Å²) >= 11 is 7.12. The maximum atomic E-state index is 11.2. The SMILES string of the molecule is Cc1ccc(SC2=CC=CC2C(=O)Cl)cc1. The molecule has 0 saturated heterocycles. The van der Waals surface area contributed by atoms with Gasteiger partial charge in [0.15, 0.2) is 0 Å². The van der Waals surface area contributed by atoms with Crippen LogP contribution in [0.3, 0.4) is 0 Å². The van der Waals surface area contributed by atoms with E-state index in [1.165, 1.54) is 5.56 Å². The lowest BCUT2D eigenvalue weighted by Gasteiger charge is -2.08. The molecule has 0 radical (unpaired) electrons. The van der Waals surface area contributed by atoms with Crippen molar-refractivity contribution in [2.45, 2.75) is 11.8 Å². The molecule has 1 aromatic carbocycles. The van der Waals surface area contributed by atoms with Crippen molar-refractivity contribution in [1.29, 1.82) is 0 Å². The molecule has 0 heterocycles. The summed E-state index contributed by atoms with van der Waals surface area (Å²) in [5.41, 5.74) is 1.23. The topological polar surface area (TPSA) is 17.1 Å². The fourth-order valence-electron chi connectivity index (χ4n) is 1.49. The first-order valence-electron chi connectivity index (χ1n) is 4.99. The molecule has 3 heteroatoms. The van der Waals surface area contributed by atoms with Crippen molar-refractivity contribution in [2.24, 2.45) is 5.92 Å². The molecule has 1 aliphatic carbocycles. The number of aryl methyl sites for hydroxylation is 1. The Balaban J connectivity index is 2.11. The van der Waals surface area contributed by atoms with Crippen molar-refractivity contribution in [1.82, 2.24) is 0 Å². The Morgan fingerprint density at radius 1 is 1.31 bits per heavy atom. The average molecular weight is 251 g/mol. The number of rotatable bonds is 3. The van der Waals surface area contributed by atoms with Crippen molar-refractivity contribution in [2.75, 3.05) is 0 Å². The smallest absolute Gasteiger partial charge is 0.233 e. The molecule has 0 amide bonds. The minimum Gasteiger partial charge on any atom is -0.280 e. The van der Waals surface area contributed by atoms with Gasteiger partial charge in [-0.25, -0.2) is 0 Å². The zero-order chi connectivity index (χ0) is 11.5. The monoisotopic (exact) mass is 250 g/mol. The second-order valence-corrected chi connectivity index (χ2v) is 5.17. The summed E-state index contributed by atoms with van der Waals surface area (Å²) < 4.78 is 0. The molecule has 1 nitrogen and oxygen atoms in total. The van der Waals surface area contributed by atoms with Crippen LogP contribution in [-0.2, 0) is 4.79 Å². The van der Waals surface area contributed by atoms with Crippen LogP contribution >= 0.6 is 23.4 Å². The van der Waals surface area contributed by atoms with E-state index in [1.807, 2.05) is 18.2 Å². The third-order valence-electron chi connectivity index (χ3n) is 2.37. The number of allylic oxidation sites excluding steroid dienone is 4. The van der Waals surface area contributed by atoms with Crippen molar-refractivity contribution in [3.63, 3.8) is 0 Å². The second kappa shape index (κ2) is 4.89. The molecule has 1 aliphatic rings. The van der Waals surface area contributed by atoms with Gasteiger partial charge in [0.05, 0.1) is 5.92 Å². The van der Waals surface area contributed by atoms with E-state index >= 15 is 0 Å². The zero-order valence-electron chi connectivity index (χ0n) is 8.81. The Morgan fingerprint density at radius 3 is 2.62 bits per heavy atom. The lowest BCUT2D eigenvalue weighted by molar-refractivity contribution is -0.112. The molecule has 82 valence electrons. The summed E-state index contributed by atoms with van der Waals surface area (Å²) in [7, 11) is 0. The molecule has 1 aromatic rings. The minimum atomic E-state index is -0.320. The van der Waals surface area contributed by atoms with E-state index < -0.39 is 0 Å². The predicted molar refractivity (Wildman–Crippen MR) is 68.6 cm³/mol. The van der Waals surface area contributed by atoms with Gasteiger partial charge in [-0.15, -0.1) is 0 Å². The third kappa shape index (κ3) is 2.57. The van der Waals surface area contributed by atoms with Crippen molar-refractivity contribution in [3.8, 4) is 0 Å². The Bertz CT molecular complexity index is 459. The molecule has 0 fully saturated rings. The summed E-state index contributed by atoms with van der Waals surface area (Å²) in [6, 6.07) is 8.22. The summed E-state index contributed by atoms with van der Waals surface area (Å²) in [6.07, 6.45) is 5.64. The lowest BCUT2D eigenvalue weighted by Crippen LogP contribution is -2.03. The van der Waals surface area contributed by atoms with E-state index in [-0.39, 0.29) is 11.2 Å². The molecule has 16 heavy (non-hydrogen) atoms. The van der Waals surface area contributed by atoms with Gasteiger partial charge in [0, 0.05) is 9.80 Å². The van der Waals surface area contributed by atoms with Crippen LogP contribution < -0.4 is 0 Å². The minimum absolute atomic E-state index is 0.270. The molecule has 1 unspecified atom stereocenters. The van der Waals surface area contributed by atoms with Crippen molar-refractivity contribution >= 4 is 28.6 Å².